The number of aromatic nitrogens is 3. The summed E-state index contributed by atoms with van der Waals surface area (Å²) in [6.07, 6.45) is 1.92. The van der Waals surface area contributed by atoms with Gasteiger partial charge in [0, 0.05) is 32.3 Å². The monoisotopic (exact) mass is 258 g/mol. The molecule has 1 aliphatic rings. The highest BCUT2D eigenvalue weighted by Gasteiger charge is 2.25. The van der Waals surface area contributed by atoms with Crippen molar-refractivity contribution in [1.29, 1.82) is 0 Å². The molecule has 6 heteroatoms. The molecule has 1 amide bonds. The Bertz CT molecular complexity index is 635. The SMILES string of the molecule is COc1cccc(-c2cn3c(n2)N(C(C)=O)CC3)n1. The van der Waals surface area contributed by atoms with Crippen LogP contribution in [0.1, 0.15) is 6.92 Å². The molecule has 0 radical (unpaired) electrons. The van der Waals surface area contributed by atoms with Gasteiger partial charge >= 0.3 is 0 Å². The first kappa shape index (κ1) is 11.7. The molecule has 0 aromatic carbocycles. The molecule has 0 unspecified atom stereocenters. The lowest BCUT2D eigenvalue weighted by Crippen LogP contribution is -2.26. The number of amides is 1. The van der Waals surface area contributed by atoms with E-state index in [4.69, 9.17) is 4.74 Å². The van der Waals surface area contributed by atoms with Gasteiger partial charge in [0.2, 0.25) is 17.7 Å². The molecule has 0 fully saturated rings. The van der Waals surface area contributed by atoms with E-state index >= 15 is 0 Å². The van der Waals surface area contributed by atoms with Gasteiger partial charge in [-0.1, -0.05) is 6.07 Å². The number of anilines is 1. The molecule has 3 rings (SSSR count). The second-order valence-electron chi connectivity index (χ2n) is 4.36. The molecule has 19 heavy (non-hydrogen) atoms. The maximum atomic E-state index is 11.5. The van der Waals surface area contributed by atoms with Gasteiger partial charge in [-0.2, -0.15) is 0 Å². The van der Waals surface area contributed by atoms with Crippen LogP contribution in [0.25, 0.3) is 11.4 Å². The molecular formula is C13H14N4O2. The Kier molecular flexibility index (Phi) is 2.70. The van der Waals surface area contributed by atoms with Crippen molar-refractivity contribution in [3.05, 3.63) is 24.4 Å². The first-order valence-corrected chi connectivity index (χ1v) is 6.06. The number of carbonyl (C=O) groups is 1. The lowest BCUT2D eigenvalue weighted by molar-refractivity contribution is -0.116. The number of hydrogen-bond donors (Lipinski definition) is 0. The fourth-order valence-corrected chi connectivity index (χ4v) is 2.19. The third-order valence-electron chi connectivity index (χ3n) is 3.14. The standard InChI is InChI=1S/C13H14N4O2/c1-9(18)17-7-6-16-8-11(15-13(16)17)10-4-3-5-12(14-10)19-2/h3-5,8H,6-7H2,1-2H3. The summed E-state index contributed by atoms with van der Waals surface area (Å²) < 4.78 is 7.07. The fourth-order valence-electron chi connectivity index (χ4n) is 2.19. The van der Waals surface area contributed by atoms with Gasteiger partial charge in [-0.3, -0.25) is 9.69 Å². The quantitative estimate of drug-likeness (QED) is 0.815. The third kappa shape index (κ3) is 1.95. The minimum Gasteiger partial charge on any atom is -0.481 e. The highest BCUT2D eigenvalue weighted by atomic mass is 16.5. The zero-order valence-electron chi connectivity index (χ0n) is 10.8. The maximum absolute atomic E-state index is 11.5. The largest absolute Gasteiger partial charge is 0.481 e. The van der Waals surface area contributed by atoms with Gasteiger partial charge in [0.05, 0.1) is 12.8 Å². The smallest absolute Gasteiger partial charge is 0.226 e. The number of fused-ring (bicyclic) bond motifs is 1. The van der Waals surface area contributed by atoms with Crippen LogP contribution in [-0.2, 0) is 11.3 Å². The summed E-state index contributed by atoms with van der Waals surface area (Å²) in [5.74, 6) is 1.25. The number of hydrogen-bond acceptors (Lipinski definition) is 4. The average Bonchev–Trinajstić information content (AvgIpc) is 2.98. The van der Waals surface area contributed by atoms with Crippen molar-refractivity contribution >= 4 is 11.9 Å². The molecule has 0 saturated carbocycles. The molecule has 98 valence electrons. The number of carbonyl (C=O) groups excluding carboxylic acids is 1. The normalized spacial score (nSPS) is 13.5. The minimum absolute atomic E-state index is 0.00880. The van der Waals surface area contributed by atoms with Crippen molar-refractivity contribution in [3.8, 4) is 17.3 Å². The number of methoxy groups -OCH3 is 1. The molecule has 0 aliphatic carbocycles. The Morgan fingerprint density at radius 1 is 1.26 bits per heavy atom. The molecule has 2 aromatic rings. The van der Waals surface area contributed by atoms with E-state index in [1.807, 2.05) is 22.9 Å². The van der Waals surface area contributed by atoms with E-state index < -0.39 is 0 Å². The Morgan fingerprint density at radius 2 is 2.11 bits per heavy atom. The second-order valence-corrected chi connectivity index (χ2v) is 4.36. The molecule has 0 N–H and O–H groups in total. The van der Waals surface area contributed by atoms with Crippen molar-refractivity contribution in [2.75, 3.05) is 18.6 Å². The third-order valence-corrected chi connectivity index (χ3v) is 3.14. The van der Waals surface area contributed by atoms with Crippen LogP contribution < -0.4 is 9.64 Å². The van der Waals surface area contributed by atoms with Gasteiger partial charge in [-0.15, -0.1) is 0 Å². The summed E-state index contributed by atoms with van der Waals surface area (Å²) in [7, 11) is 1.58. The van der Waals surface area contributed by atoms with Gasteiger partial charge in [-0.05, 0) is 6.07 Å². The molecule has 6 nitrogen and oxygen atoms in total. The zero-order chi connectivity index (χ0) is 13.4. The van der Waals surface area contributed by atoms with Gasteiger partial charge in [0.1, 0.15) is 5.69 Å². The van der Waals surface area contributed by atoms with Crippen molar-refractivity contribution < 1.29 is 9.53 Å². The molecular weight excluding hydrogens is 244 g/mol. The van der Waals surface area contributed by atoms with Crippen LogP contribution in [0.15, 0.2) is 24.4 Å². The molecule has 1 aliphatic heterocycles. The summed E-state index contributed by atoms with van der Waals surface area (Å²) in [4.78, 5) is 22.0. The maximum Gasteiger partial charge on any atom is 0.226 e. The lowest BCUT2D eigenvalue weighted by atomic mass is 10.3. The van der Waals surface area contributed by atoms with E-state index in [9.17, 15) is 4.79 Å². The van der Waals surface area contributed by atoms with Crippen LogP contribution in [0, 0.1) is 0 Å². The number of imidazole rings is 1. The Morgan fingerprint density at radius 3 is 2.84 bits per heavy atom. The zero-order valence-corrected chi connectivity index (χ0v) is 10.8. The van der Waals surface area contributed by atoms with E-state index in [-0.39, 0.29) is 5.91 Å². The van der Waals surface area contributed by atoms with Crippen LogP contribution in [0.5, 0.6) is 5.88 Å². The lowest BCUT2D eigenvalue weighted by Gasteiger charge is -2.09. The highest BCUT2D eigenvalue weighted by molar-refractivity contribution is 5.90. The summed E-state index contributed by atoms with van der Waals surface area (Å²) in [5.41, 5.74) is 1.49. The van der Waals surface area contributed by atoms with Gasteiger partial charge in [-0.25, -0.2) is 9.97 Å². The Labute approximate surface area is 110 Å². The van der Waals surface area contributed by atoms with E-state index in [2.05, 4.69) is 9.97 Å². The molecule has 0 spiro atoms. The molecule has 3 heterocycles. The van der Waals surface area contributed by atoms with Crippen LogP contribution >= 0.6 is 0 Å². The number of rotatable bonds is 2. The molecule has 0 saturated heterocycles. The van der Waals surface area contributed by atoms with Crippen LogP contribution in [0.2, 0.25) is 0 Å². The highest BCUT2D eigenvalue weighted by Crippen LogP contribution is 2.26. The summed E-state index contributed by atoms with van der Waals surface area (Å²) in [6.45, 7) is 3.00. The van der Waals surface area contributed by atoms with Crippen molar-refractivity contribution in [2.45, 2.75) is 13.5 Å². The fraction of sp³-hybridized carbons (Fsp3) is 0.308. The van der Waals surface area contributed by atoms with Gasteiger partial charge in [0.25, 0.3) is 0 Å². The van der Waals surface area contributed by atoms with Gasteiger partial charge in [0.15, 0.2) is 0 Å². The van der Waals surface area contributed by atoms with Crippen LogP contribution in [-0.4, -0.2) is 34.1 Å². The van der Waals surface area contributed by atoms with Crippen LogP contribution in [0.4, 0.5) is 5.95 Å². The molecule has 2 aromatic heterocycles. The first-order valence-electron chi connectivity index (χ1n) is 6.06. The number of nitrogens with zero attached hydrogens (tertiary/aromatic N) is 4. The van der Waals surface area contributed by atoms with Crippen molar-refractivity contribution in [3.63, 3.8) is 0 Å². The predicted molar refractivity (Wildman–Crippen MR) is 70.0 cm³/mol. The molecule has 0 atom stereocenters. The van der Waals surface area contributed by atoms with Crippen molar-refractivity contribution in [2.24, 2.45) is 0 Å². The van der Waals surface area contributed by atoms with Gasteiger partial charge < -0.3 is 9.30 Å². The Balaban J connectivity index is 1.99. The summed E-state index contributed by atoms with van der Waals surface area (Å²) in [5, 5.41) is 0. The first-order chi connectivity index (χ1) is 9.19. The van der Waals surface area contributed by atoms with E-state index in [1.54, 1.807) is 25.0 Å². The minimum atomic E-state index is 0.00880. The number of ether oxygens (including phenoxy) is 1. The molecule has 0 bridgehead atoms. The topological polar surface area (TPSA) is 60.2 Å². The van der Waals surface area contributed by atoms with E-state index in [1.165, 1.54) is 0 Å². The summed E-state index contributed by atoms with van der Waals surface area (Å²) in [6, 6.07) is 5.53. The predicted octanol–water partition coefficient (Wildman–Crippen LogP) is 1.32. The number of pyridine rings is 1. The second kappa shape index (κ2) is 4.38. The van der Waals surface area contributed by atoms with E-state index in [0.29, 0.717) is 18.4 Å². The van der Waals surface area contributed by atoms with Crippen molar-refractivity contribution in [1.82, 2.24) is 14.5 Å². The summed E-state index contributed by atoms with van der Waals surface area (Å²) >= 11 is 0. The Hall–Kier alpha value is -2.37. The van der Waals surface area contributed by atoms with Crippen LogP contribution in [0.3, 0.4) is 0 Å². The average molecular weight is 258 g/mol. The van der Waals surface area contributed by atoms with E-state index in [0.717, 1.165) is 17.9 Å².